The van der Waals surface area contributed by atoms with Crippen molar-refractivity contribution in [3.8, 4) is 0 Å². The summed E-state index contributed by atoms with van der Waals surface area (Å²) < 4.78 is 5.47. The second-order valence-corrected chi connectivity index (χ2v) is 7.59. The average molecular weight is 353 g/mol. The SMILES string of the molecule is CN(Cc1ccccc1)[C@H]1CCCN(C(=O)c2onc3c2CCCC3)C1. The molecule has 1 aliphatic carbocycles. The van der Waals surface area contributed by atoms with Crippen molar-refractivity contribution in [3.63, 3.8) is 0 Å². The Labute approximate surface area is 155 Å². The minimum absolute atomic E-state index is 0.0264. The van der Waals surface area contributed by atoms with Crippen LogP contribution in [0, 0.1) is 0 Å². The number of hydrogen-bond acceptors (Lipinski definition) is 4. The Morgan fingerprint density at radius 2 is 2.04 bits per heavy atom. The molecule has 26 heavy (non-hydrogen) atoms. The van der Waals surface area contributed by atoms with Crippen molar-refractivity contribution in [2.75, 3.05) is 20.1 Å². The van der Waals surface area contributed by atoms with Crippen LogP contribution in [-0.2, 0) is 19.4 Å². The number of carbonyl (C=O) groups is 1. The highest BCUT2D eigenvalue weighted by Gasteiger charge is 2.32. The molecule has 2 heterocycles. The first-order chi connectivity index (χ1) is 12.7. The number of rotatable bonds is 4. The van der Waals surface area contributed by atoms with E-state index in [-0.39, 0.29) is 5.91 Å². The molecule has 5 heteroatoms. The van der Waals surface area contributed by atoms with Crippen LogP contribution in [0.4, 0.5) is 0 Å². The molecule has 1 atom stereocenters. The molecule has 0 spiro atoms. The maximum absolute atomic E-state index is 13.0. The van der Waals surface area contributed by atoms with Gasteiger partial charge in [0.1, 0.15) is 0 Å². The zero-order valence-corrected chi connectivity index (χ0v) is 15.5. The molecule has 1 fully saturated rings. The first-order valence-corrected chi connectivity index (χ1v) is 9.73. The minimum Gasteiger partial charge on any atom is -0.350 e. The van der Waals surface area contributed by atoms with E-state index in [2.05, 4.69) is 41.4 Å². The fourth-order valence-electron chi connectivity index (χ4n) is 4.20. The molecule has 5 nitrogen and oxygen atoms in total. The van der Waals surface area contributed by atoms with Gasteiger partial charge >= 0.3 is 0 Å². The summed E-state index contributed by atoms with van der Waals surface area (Å²) in [5.74, 6) is 0.518. The number of amides is 1. The molecule has 0 unspecified atom stereocenters. The third kappa shape index (κ3) is 3.54. The zero-order chi connectivity index (χ0) is 17.9. The third-order valence-corrected chi connectivity index (χ3v) is 5.74. The lowest BCUT2D eigenvalue weighted by Gasteiger charge is -2.37. The van der Waals surface area contributed by atoms with Crippen LogP contribution in [-0.4, -0.2) is 47.0 Å². The van der Waals surface area contributed by atoms with Crippen LogP contribution < -0.4 is 0 Å². The van der Waals surface area contributed by atoms with Gasteiger partial charge in [-0.1, -0.05) is 35.5 Å². The Kier molecular flexibility index (Phi) is 5.07. The molecule has 0 radical (unpaired) electrons. The fraction of sp³-hybridized carbons (Fsp3) is 0.524. The molecule has 1 saturated heterocycles. The molecule has 138 valence electrons. The number of hydrogen-bond donors (Lipinski definition) is 0. The molecule has 1 aliphatic heterocycles. The van der Waals surface area contributed by atoms with E-state index in [1.54, 1.807) is 0 Å². The van der Waals surface area contributed by atoms with Crippen molar-refractivity contribution < 1.29 is 9.32 Å². The molecule has 2 aromatic rings. The summed E-state index contributed by atoms with van der Waals surface area (Å²) in [7, 11) is 2.15. The second-order valence-electron chi connectivity index (χ2n) is 7.59. The minimum atomic E-state index is 0.0264. The Morgan fingerprint density at radius 3 is 2.88 bits per heavy atom. The van der Waals surface area contributed by atoms with E-state index >= 15 is 0 Å². The van der Waals surface area contributed by atoms with Crippen LogP contribution in [0.2, 0.25) is 0 Å². The van der Waals surface area contributed by atoms with Gasteiger partial charge < -0.3 is 9.42 Å². The van der Waals surface area contributed by atoms with Crippen molar-refractivity contribution in [1.29, 1.82) is 0 Å². The zero-order valence-electron chi connectivity index (χ0n) is 15.5. The molecule has 4 rings (SSSR count). The van der Waals surface area contributed by atoms with Gasteiger partial charge in [-0.15, -0.1) is 0 Å². The first kappa shape index (κ1) is 17.3. The van der Waals surface area contributed by atoms with E-state index in [0.29, 0.717) is 11.8 Å². The van der Waals surface area contributed by atoms with Crippen molar-refractivity contribution in [2.24, 2.45) is 0 Å². The molecule has 1 amide bonds. The van der Waals surface area contributed by atoms with Crippen LogP contribution in [0.25, 0.3) is 0 Å². The van der Waals surface area contributed by atoms with Crippen molar-refractivity contribution in [3.05, 3.63) is 52.9 Å². The Hall–Kier alpha value is -2.14. The van der Waals surface area contributed by atoms with Gasteiger partial charge in [0.2, 0.25) is 5.76 Å². The first-order valence-electron chi connectivity index (χ1n) is 9.73. The largest absolute Gasteiger partial charge is 0.350 e. The predicted octanol–water partition coefficient (Wildman–Crippen LogP) is 3.29. The van der Waals surface area contributed by atoms with Crippen LogP contribution in [0.3, 0.4) is 0 Å². The van der Waals surface area contributed by atoms with E-state index in [1.165, 1.54) is 5.56 Å². The number of aryl methyl sites for hydroxylation is 1. The van der Waals surface area contributed by atoms with Gasteiger partial charge in [0.15, 0.2) is 0 Å². The van der Waals surface area contributed by atoms with Crippen molar-refractivity contribution >= 4 is 5.91 Å². The lowest BCUT2D eigenvalue weighted by Crippen LogP contribution is -2.48. The quantitative estimate of drug-likeness (QED) is 0.846. The lowest BCUT2D eigenvalue weighted by atomic mass is 9.95. The molecule has 0 saturated carbocycles. The molecule has 0 N–H and O–H groups in total. The summed E-state index contributed by atoms with van der Waals surface area (Å²) in [5, 5.41) is 4.15. The fourth-order valence-corrected chi connectivity index (χ4v) is 4.20. The second kappa shape index (κ2) is 7.62. The third-order valence-electron chi connectivity index (χ3n) is 5.74. The summed E-state index contributed by atoms with van der Waals surface area (Å²) in [6.45, 7) is 2.48. The summed E-state index contributed by atoms with van der Waals surface area (Å²) in [5.41, 5.74) is 3.36. The smallest absolute Gasteiger partial charge is 0.292 e. The standard InChI is InChI=1S/C21H27N3O2/c1-23(14-16-8-3-2-4-9-16)17-10-7-13-24(15-17)21(25)20-18-11-5-6-12-19(18)22-26-20/h2-4,8-9,17H,5-7,10-15H2,1H3/t17-/m0/s1. The van der Waals surface area contributed by atoms with E-state index in [1.807, 2.05) is 11.0 Å². The van der Waals surface area contributed by atoms with Gasteiger partial charge in [0, 0.05) is 31.2 Å². The number of carbonyl (C=O) groups excluding carboxylic acids is 1. The van der Waals surface area contributed by atoms with Crippen LogP contribution in [0.15, 0.2) is 34.9 Å². The van der Waals surface area contributed by atoms with Crippen molar-refractivity contribution in [1.82, 2.24) is 15.0 Å². The van der Waals surface area contributed by atoms with Crippen molar-refractivity contribution in [2.45, 2.75) is 51.1 Å². The highest BCUT2D eigenvalue weighted by molar-refractivity contribution is 5.93. The van der Waals surface area contributed by atoms with E-state index in [9.17, 15) is 4.79 Å². The number of likely N-dealkylation sites (tertiary alicyclic amines) is 1. The van der Waals surface area contributed by atoms with Crippen LogP contribution in [0.5, 0.6) is 0 Å². The number of piperidine rings is 1. The average Bonchev–Trinajstić information content (AvgIpc) is 3.12. The topological polar surface area (TPSA) is 49.6 Å². The number of likely N-dealkylation sites (N-methyl/N-ethyl adjacent to an activating group) is 1. The van der Waals surface area contributed by atoms with Gasteiger partial charge in [-0.3, -0.25) is 9.69 Å². The summed E-state index contributed by atoms with van der Waals surface area (Å²) in [4.78, 5) is 17.4. The van der Waals surface area contributed by atoms with Crippen LogP contribution >= 0.6 is 0 Å². The molecule has 0 bridgehead atoms. The maximum atomic E-state index is 13.0. The van der Waals surface area contributed by atoms with Gasteiger partial charge in [-0.25, -0.2) is 0 Å². The molecule has 1 aromatic heterocycles. The van der Waals surface area contributed by atoms with E-state index < -0.39 is 0 Å². The van der Waals surface area contributed by atoms with Crippen LogP contribution in [0.1, 0.15) is 53.1 Å². The summed E-state index contributed by atoms with van der Waals surface area (Å²) in [6, 6.07) is 10.9. The Morgan fingerprint density at radius 1 is 1.23 bits per heavy atom. The molecule has 1 aromatic carbocycles. The van der Waals surface area contributed by atoms with Gasteiger partial charge in [-0.05, 0) is 51.1 Å². The summed E-state index contributed by atoms with van der Waals surface area (Å²) in [6.07, 6.45) is 6.29. The highest BCUT2D eigenvalue weighted by atomic mass is 16.5. The Balaban J connectivity index is 1.43. The summed E-state index contributed by atoms with van der Waals surface area (Å²) >= 11 is 0. The Bertz CT molecular complexity index is 756. The van der Waals surface area contributed by atoms with Gasteiger partial charge in [0.25, 0.3) is 5.91 Å². The van der Waals surface area contributed by atoms with E-state index in [0.717, 1.165) is 69.4 Å². The number of benzene rings is 1. The molecule has 2 aliphatic rings. The highest BCUT2D eigenvalue weighted by Crippen LogP contribution is 2.26. The normalized spacial score (nSPS) is 20.2. The molecular formula is C21H27N3O2. The van der Waals surface area contributed by atoms with Gasteiger partial charge in [-0.2, -0.15) is 0 Å². The predicted molar refractivity (Wildman–Crippen MR) is 100.0 cm³/mol. The van der Waals surface area contributed by atoms with Gasteiger partial charge in [0.05, 0.1) is 5.69 Å². The number of fused-ring (bicyclic) bond motifs is 1. The number of nitrogens with zero attached hydrogens (tertiary/aromatic N) is 3. The molecular weight excluding hydrogens is 326 g/mol. The monoisotopic (exact) mass is 353 g/mol. The van der Waals surface area contributed by atoms with E-state index in [4.69, 9.17) is 4.52 Å². The maximum Gasteiger partial charge on any atom is 0.292 e. The number of aromatic nitrogens is 1. The lowest BCUT2D eigenvalue weighted by molar-refractivity contribution is 0.0562.